The number of ether oxygens (including phenoxy) is 2. The third kappa shape index (κ3) is 12.4. The van der Waals surface area contributed by atoms with Crippen molar-refractivity contribution in [2.75, 3.05) is 80.8 Å². The Morgan fingerprint density at radius 1 is 0.575 bits per heavy atom. The monoisotopic (exact) mass is 1010 g/mol. The summed E-state index contributed by atoms with van der Waals surface area (Å²) in [5.41, 5.74) is 5.07. The van der Waals surface area contributed by atoms with E-state index in [4.69, 9.17) is 9.47 Å². The topological polar surface area (TPSA) is 145 Å². The van der Waals surface area contributed by atoms with Crippen molar-refractivity contribution in [1.29, 1.82) is 0 Å². The molecule has 0 radical (unpaired) electrons. The van der Waals surface area contributed by atoms with Crippen LogP contribution in [0.3, 0.4) is 0 Å². The molecule has 4 aromatic rings. The van der Waals surface area contributed by atoms with Crippen LogP contribution in [0.4, 0.5) is 49.1 Å². The second-order valence-corrected chi connectivity index (χ2v) is 19.2. The van der Waals surface area contributed by atoms with Gasteiger partial charge in [0, 0.05) is 72.2 Å². The summed E-state index contributed by atoms with van der Waals surface area (Å²) in [5, 5.41) is 11.6. The molecule has 2 fully saturated rings. The standard InChI is InChI=1S/C27H29F3N4O3.C27H28F3N3O3/c1-33-8-10-34(11-9-33)23-13-18-4-6-20(16-22(18)32-26(23)36)31-25(35)14-17-3-2-12-37-24-15-19(27(28,29)30)5-7-21(17)24;28-27(29,30)19-7-9-21-17(5-4-12-36-24(21)15-19)14-25(34)31-20-8-6-18-13-23(26(35)32-22(18)16-20)33-10-2-1-3-11-33/h4-7,14-16,23H,2-3,8-13H2,1H3,(H,31,35)(H,32,36);6-9,14-16,23H,1-5,10-13H2,(H,31,34)(H,32,35)/b2*17-14+. The Hall–Kier alpha value is -6.70. The number of piperazine rings is 1. The maximum atomic E-state index is 13.1. The van der Waals surface area contributed by atoms with Crippen LogP contribution >= 0.6 is 0 Å². The summed E-state index contributed by atoms with van der Waals surface area (Å²) in [7, 11) is 2.07. The van der Waals surface area contributed by atoms with E-state index in [1.165, 1.54) is 30.7 Å². The van der Waals surface area contributed by atoms with E-state index in [2.05, 4.69) is 43.0 Å². The van der Waals surface area contributed by atoms with Crippen molar-refractivity contribution in [3.63, 3.8) is 0 Å². The van der Waals surface area contributed by atoms with Crippen LogP contribution in [0.15, 0.2) is 84.9 Å². The van der Waals surface area contributed by atoms with E-state index in [1.54, 1.807) is 24.3 Å². The SMILES string of the molecule is CN1CCN(C2Cc3ccc(NC(=O)/C=C4\CCCOc5cc(C(F)(F)F)ccc54)cc3NC2=O)CC1.O=C(/C=C1\CCCOc2cc(C(F)(F)F)ccc21)Nc1ccc2c(c1)NC(=O)C(N1CCCCC1)C2. The van der Waals surface area contributed by atoms with E-state index in [1.807, 2.05) is 12.1 Å². The highest BCUT2D eigenvalue weighted by Gasteiger charge is 2.36. The number of carbonyl (C=O) groups excluding carboxylic acids is 4. The molecule has 10 rings (SSSR count). The second-order valence-electron chi connectivity index (χ2n) is 19.2. The van der Waals surface area contributed by atoms with Crippen LogP contribution in [0.2, 0.25) is 0 Å². The number of hydrogen-bond acceptors (Lipinski definition) is 9. The Kier molecular flexibility index (Phi) is 15.3. The van der Waals surface area contributed by atoms with E-state index in [0.717, 1.165) is 87.5 Å². The molecule has 2 unspecified atom stereocenters. The summed E-state index contributed by atoms with van der Waals surface area (Å²) >= 11 is 0. The summed E-state index contributed by atoms with van der Waals surface area (Å²) in [6.07, 6.45) is 0.696. The van der Waals surface area contributed by atoms with Gasteiger partial charge in [-0.3, -0.25) is 29.0 Å². The van der Waals surface area contributed by atoms with Crippen LogP contribution in [-0.4, -0.2) is 110 Å². The number of nitrogens with one attached hydrogen (secondary N) is 4. The number of likely N-dealkylation sites (tertiary alicyclic amines) is 1. The summed E-state index contributed by atoms with van der Waals surface area (Å²) in [6, 6.07) is 17.2. The number of hydrogen-bond donors (Lipinski definition) is 4. The lowest BCUT2D eigenvalue weighted by molar-refractivity contribution is -0.138. The first-order valence-electron chi connectivity index (χ1n) is 24.7. The zero-order chi connectivity index (χ0) is 51.4. The Balaban J connectivity index is 0.000000180. The molecule has 6 aliphatic heterocycles. The van der Waals surface area contributed by atoms with Crippen molar-refractivity contribution in [3.05, 3.63) is 118 Å². The fraction of sp³-hybridized carbons (Fsp3) is 0.407. The number of fused-ring (bicyclic) bond motifs is 4. The summed E-state index contributed by atoms with van der Waals surface area (Å²) in [5.74, 6) is -0.621. The number of benzene rings is 4. The van der Waals surface area contributed by atoms with Gasteiger partial charge < -0.3 is 35.6 Å². The van der Waals surface area contributed by atoms with Gasteiger partial charge in [0.25, 0.3) is 0 Å². The quantitative estimate of drug-likeness (QED) is 0.110. The fourth-order valence-electron chi connectivity index (χ4n) is 10.2. The molecule has 19 heteroatoms. The molecular formula is C54H57F6N7O6. The number of anilines is 4. The first-order chi connectivity index (χ1) is 34.9. The van der Waals surface area contributed by atoms with Gasteiger partial charge in [0.1, 0.15) is 11.5 Å². The van der Waals surface area contributed by atoms with Crippen molar-refractivity contribution >= 4 is 57.5 Å². The van der Waals surface area contributed by atoms with Crippen LogP contribution in [0.1, 0.15) is 78.3 Å². The van der Waals surface area contributed by atoms with Crippen LogP contribution in [0, 0.1) is 0 Å². The minimum atomic E-state index is -4.47. The van der Waals surface area contributed by atoms with E-state index in [0.29, 0.717) is 83.5 Å². The molecule has 4 amide bonds. The number of likely N-dealkylation sites (N-methyl/N-ethyl adjacent to an activating group) is 1. The molecular weight excluding hydrogens is 957 g/mol. The number of nitrogens with zero attached hydrogens (tertiary/aromatic N) is 3. The zero-order valence-corrected chi connectivity index (χ0v) is 40.3. The van der Waals surface area contributed by atoms with E-state index in [9.17, 15) is 45.5 Å². The first kappa shape index (κ1) is 51.2. The van der Waals surface area contributed by atoms with Crippen molar-refractivity contribution in [3.8, 4) is 11.5 Å². The molecule has 2 atom stereocenters. The van der Waals surface area contributed by atoms with Gasteiger partial charge in [-0.05, 0) is 142 Å². The molecule has 386 valence electrons. The third-order valence-electron chi connectivity index (χ3n) is 14.1. The van der Waals surface area contributed by atoms with Gasteiger partial charge in [-0.25, -0.2) is 0 Å². The van der Waals surface area contributed by atoms with Gasteiger partial charge in [-0.15, -0.1) is 0 Å². The molecule has 4 aromatic carbocycles. The molecule has 0 bridgehead atoms. The van der Waals surface area contributed by atoms with Crippen LogP contribution in [0.25, 0.3) is 11.1 Å². The minimum Gasteiger partial charge on any atom is -0.493 e. The molecule has 0 aromatic heterocycles. The number of carbonyl (C=O) groups is 4. The van der Waals surface area contributed by atoms with Crippen molar-refractivity contribution in [2.24, 2.45) is 0 Å². The molecule has 4 N–H and O–H groups in total. The predicted molar refractivity (Wildman–Crippen MR) is 265 cm³/mol. The summed E-state index contributed by atoms with van der Waals surface area (Å²) in [6.45, 7) is 5.96. The molecule has 0 aliphatic carbocycles. The van der Waals surface area contributed by atoms with Crippen molar-refractivity contribution in [1.82, 2.24) is 14.7 Å². The highest BCUT2D eigenvalue weighted by atomic mass is 19.4. The minimum absolute atomic E-state index is 0.0247. The lowest BCUT2D eigenvalue weighted by Gasteiger charge is -2.39. The van der Waals surface area contributed by atoms with Gasteiger partial charge in [0.05, 0.1) is 36.4 Å². The van der Waals surface area contributed by atoms with Crippen molar-refractivity contribution in [2.45, 2.75) is 82.2 Å². The molecule has 6 heterocycles. The molecule has 0 saturated carbocycles. The highest BCUT2D eigenvalue weighted by molar-refractivity contribution is 6.06. The largest absolute Gasteiger partial charge is 0.493 e. The predicted octanol–water partition coefficient (Wildman–Crippen LogP) is 9.26. The lowest BCUT2D eigenvalue weighted by atomic mass is 9.95. The summed E-state index contributed by atoms with van der Waals surface area (Å²) < 4.78 is 89.7. The number of allylic oxidation sites excluding steroid dienone is 2. The van der Waals surface area contributed by atoms with Gasteiger partial charge in [-0.2, -0.15) is 26.3 Å². The van der Waals surface area contributed by atoms with Crippen LogP contribution < -0.4 is 30.7 Å². The Morgan fingerprint density at radius 3 is 1.45 bits per heavy atom. The number of rotatable bonds is 6. The number of amides is 4. The Labute approximate surface area is 418 Å². The maximum Gasteiger partial charge on any atom is 0.416 e. The molecule has 6 aliphatic rings. The third-order valence-corrected chi connectivity index (χ3v) is 14.1. The first-order valence-corrected chi connectivity index (χ1v) is 24.7. The lowest BCUT2D eigenvalue weighted by Crippen LogP contribution is -2.54. The van der Waals surface area contributed by atoms with E-state index in [-0.39, 0.29) is 48.6 Å². The van der Waals surface area contributed by atoms with Crippen LogP contribution in [0.5, 0.6) is 11.5 Å². The van der Waals surface area contributed by atoms with Gasteiger partial charge in [-0.1, -0.05) is 30.7 Å². The molecule has 13 nitrogen and oxygen atoms in total. The van der Waals surface area contributed by atoms with Gasteiger partial charge >= 0.3 is 12.4 Å². The highest BCUT2D eigenvalue weighted by Crippen LogP contribution is 2.40. The van der Waals surface area contributed by atoms with E-state index < -0.39 is 35.3 Å². The number of piperidine rings is 1. The van der Waals surface area contributed by atoms with Gasteiger partial charge in [0.15, 0.2) is 0 Å². The molecule has 0 spiro atoms. The average molecular weight is 1010 g/mol. The zero-order valence-electron chi connectivity index (χ0n) is 40.3. The average Bonchev–Trinajstić information content (AvgIpc) is 3.68. The number of halogens is 6. The fourth-order valence-corrected chi connectivity index (χ4v) is 10.2. The Morgan fingerprint density at radius 2 is 1.01 bits per heavy atom. The normalized spacial score (nSPS) is 21.7. The second kappa shape index (κ2) is 21.8. The summed E-state index contributed by atoms with van der Waals surface area (Å²) in [4.78, 5) is 57.9. The number of alkyl halides is 6. The maximum absolute atomic E-state index is 13.1. The van der Waals surface area contributed by atoms with Crippen molar-refractivity contribution < 1.29 is 55.0 Å². The molecule has 73 heavy (non-hydrogen) atoms. The smallest absolute Gasteiger partial charge is 0.416 e. The van der Waals surface area contributed by atoms with Gasteiger partial charge in [0.2, 0.25) is 23.6 Å². The molecule has 2 saturated heterocycles. The van der Waals surface area contributed by atoms with Crippen LogP contribution in [-0.2, 0) is 44.4 Å². The Bertz CT molecular complexity index is 2820. The van der Waals surface area contributed by atoms with E-state index >= 15 is 0 Å².